The molecule has 7 aromatic carbocycles. The molecule has 0 spiro atoms. The molecule has 0 bridgehead atoms. The molecule has 0 saturated heterocycles. The molecule has 0 aromatic heterocycles. The Hall–Kier alpha value is -4.68. The highest BCUT2D eigenvalue weighted by Crippen LogP contribution is 2.45. The summed E-state index contributed by atoms with van der Waals surface area (Å²) in [5.41, 5.74) is 2.58. The maximum absolute atomic E-state index is 8.91. The Morgan fingerprint density at radius 2 is 0.917 bits per heavy atom. The molecule has 0 amide bonds. The first-order valence-electron chi connectivity index (χ1n) is 16.6. The Morgan fingerprint density at radius 1 is 0.389 bits per heavy atom. The lowest BCUT2D eigenvalue weighted by Crippen LogP contribution is -1.91. The van der Waals surface area contributed by atoms with Crippen molar-refractivity contribution in [2.24, 2.45) is 0 Å². The summed E-state index contributed by atoms with van der Waals surface area (Å²) in [6.07, 6.45) is 0. The summed E-state index contributed by atoms with van der Waals surface area (Å²) < 4.78 is 85.6. The molecule has 7 rings (SSSR count). The van der Waals surface area contributed by atoms with Crippen molar-refractivity contribution in [3.05, 3.63) is 145 Å². The van der Waals surface area contributed by atoms with Crippen LogP contribution in [0, 0.1) is 0 Å². The molecular formula is C36H24. The minimum absolute atomic E-state index is 0.0230. The van der Waals surface area contributed by atoms with Gasteiger partial charge in [0.25, 0.3) is 0 Å². The van der Waals surface area contributed by atoms with Crippen molar-refractivity contribution in [1.82, 2.24) is 0 Å². The van der Waals surface area contributed by atoms with E-state index in [2.05, 4.69) is 0 Å². The molecule has 0 aliphatic heterocycles. The highest BCUT2D eigenvalue weighted by Gasteiger charge is 2.17. The van der Waals surface area contributed by atoms with E-state index in [1.807, 2.05) is 60.7 Å². The van der Waals surface area contributed by atoms with Gasteiger partial charge in [0.1, 0.15) is 0 Å². The largest absolute Gasteiger partial charge is 0.0629 e. The van der Waals surface area contributed by atoms with Crippen molar-refractivity contribution >= 4 is 32.3 Å². The van der Waals surface area contributed by atoms with Gasteiger partial charge in [0.15, 0.2) is 0 Å². The van der Waals surface area contributed by atoms with Crippen LogP contribution in [0.2, 0.25) is 0 Å². The van der Waals surface area contributed by atoms with Crippen molar-refractivity contribution in [1.29, 1.82) is 0 Å². The minimum atomic E-state index is -0.500. The van der Waals surface area contributed by atoms with Crippen molar-refractivity contribution < 1.29 is 13.7 Å². The van der Waals surface area contributed by atoms with Crippen molar-refractivity contribution in [3.8, 4) is 33.4 Å². The summed E-state index contributed by atoms with van der Waals surface area (Å²) >= 11 is 0. The van der Waals surface area contributed by atoms with E-state index < -0.39 is 36.3 Å². The van der Waals surface area contributed by atoms with Gasteiger partial charge in [0.05, 0.1) is 13.7 Å². The lowest BCUT2D eigenvalue weighted by atomic mass is 9.84. The Kier molecular flexibility index (Phi) is 3.04. The fraction of sp³-hybridized carbons (Fsp3) is 0. The van der Waals surface area contributed by atoms with Gasteiger partial charge in [-0.3, -0.25) is 0 Å². The van der Waals surface area contributed by atoms with Gasteiger partial charge in [-0.15, -0.1) is 0 Å². The first-order valence-corrected chi connectivity index (χ1v) is 11.6. The van der Waals surface area contributed by atoms with E-state index in [-0.39, 0.29) is 35.3 Å². The van der Waals surface area contributed by atoms with E-state index in [1.54, 1.807) is 24.3 Å². The zero-order valence-corrected chi connectivity index (χ0v) is 19.1. The van der Waals surface area contributed by atoms with E-state index in [4.69, 9.17) is 13.7 Å². The van der Waals surface area contributed by atoms with Gasteiger partial charge in [0.2, 0.25) is 0 Å². The Labute approximate surface area is 225 Å². The molecule has 0 N–H and O–H groups in total. The fourth-order valence-electron chi connectivity index (χ4n) is 5.11. The van der Waals surface area contributed by atoms with E-state index in [9.17, 15) is 0 Å². The topological polar surface area (TPSA) is 0 Å². The molecule has 0 atom stereocenters. The molecule has 0 nitrogen and oxygen atoms in total. The third-order valence-corrected chi connectivity index (χ3v) is 6.62. The van der Waals surface area contributed by atoms with Crippen LogP contribution in [0.15, 0.2) is 145 Å². The third kappa shape index (κ3) is 3.31. The van der Waals surface area contributed by atoms with E-state index in [0.717, 1.165) is 21.9 Å². The summed E-state index contributed by atoms with van der Waals surface area (Å²) in [4.78, 5) is 0. The number of hydrogen-bond acceptors (Lipinski definition) is 0. The standard InChI is InChI=1S/C36H24/c1-3-13-26(14-4-1)35-31-19-9-10-20-32(31)36(27-15-5-2-6-16-27)34-24-28(22-23-33(34)35)30-21-11-17-25-12-7-8-18-29(25)30/h1-24H/i1D,2D,3D,4D,5D,6D,13D,14D,15D,16D. The van der Waals surface area contributed by atoms with Gasteiger partial charge in [-0.1, -0.05) is 139 Å². The van der Waals surface area contributed by atoms with Crippen LogP contribution in [0.4, 0.5) is 0 Å². The zero-order chi connectivity index (χ0) is 32.6. The lowest BCUT2D eigenvalue weighted by Gasteiger charge is -2.19. The van der Waals surface area contributed by atoms with Crippen molar-refractivity contribution in [2.75, 3.05) is 0 Å². The lowest BCUT2D eigenvalue weighted by molar-refractivity contribution is 1.64. The molecule has 36 heavy (non-hydrogen) atoms. The van der Waals surface area contributed by atoms with E-state index in [0.29, 0.717) is 32.7 Å². The summed E-state index contributed by atoms with van der Waals surface area (Å²) in [5.74, 6) is 0. The first-order chi connectivity index (χ1) is 22.0. The maximum atomic E-state index is 8.91. The van der Waals surface area contributed by atoms with Gasteiger partial charge in [-0.05, 0) is 71.8 Å². The van der Waals surface area contributed by atoms with Gasteiger partial charge in [0, 0.05) is 0 Å². The summed E-state index contributed by atoms with van der Waals surface area (Å²) in [7, 11) is 0. The summed E-state index contributed by atoms with van der Waals surface area (Å²) in [5, 5.41) is 4.11. The van der Waals surface area contributed by atoms with Crippen LogP contribution in [0.25, 0.3) is 65.7 Å². The van der Waals surface area contributed by atoms with Gasteiger partial charge in [-0.25, -0.2) is 0 Å². The third-order valence-electron chi connectivity index (χ3n) is 6.62. The average molecular weight is 467 g/mol. The second-order valence-electron chi connectivity index (χ2n) is 8.58. The van der Waals surface area contributed by atoms with Gasteiger partial charge >= 0.3 is 0 Å². The predicted octanol–water partition coefficient (Wildman–Crippen LogP) is 10.1. The minimum Gasteiger partial charge on any atom is -0.0622 e. The number of hydrogen-bond donors (Lipinski definition) is 0. The molecule has 0 fully saturated rings. The highest BCUT2D eigenvalue weighted by atomic mass is 14.2. The second kappa shape index (κ2) is 8.52. The van der Waals surface area contributed by atoms with Gasteiger partial charge in [-0.2, -0.15) is 0 Å². The van der Waals surface area contributed by atoms with Crippen LogP contribution in [0.1, 0.15) is 13.7 Å². The van der Waals surface area contributed by atoms with Crippen LogP contribution in [-0.2, 0) is 0 Å². The quantitative estimate of drug-likeness (QED) is 0.227. The molecule has 0 radical (unpaired) electrons. The van der Waals surface area contributed by atoms with Crippen LogP contribution in [-0.4, -0.2) is 0 Å². The number of rotatable bonds is 3. The van der Waals surface area contributed by atoms with E-state index >= 15 is 0 Å². The molecule has 0 aliphatic carbocycles. The van der Waals surface area contributed by atoms with Crippen LogP contribution >= 0.6 is 0 Å². The molecule has 0 heteroatoms. The SMILES string of the molecule is [2H]c1c([2H])c([2H])c(-c2c3ccccc3c(-c3c([2H])c([2H])c([2H])c([2H])c3[2H])c3cc(-c4cccc5ccccc45)ccc23)c([2H])c1[2H]. The molecular weight excluding hydrogens is 432 g/mol. The molecule has 0 heterocycles. The Morgan fingerprint density at radius 3 is 1.58 bits per heavy atom. The Balaban J connectivity index is 1.74. The van der Waals surface area contributed by atoms with Crippen LogP contribution in [0.5, 0.6) is 0 Å². The molecule has 0 unspecified atom stereocenters. The molecule has 0 aliphatic rings. The Bertz CT molecular complexity index is 2370. The molecule has 168 valence electrons. The fourth-order valence-corrected chi connectivity index (χ4v) is 5.11. The maximum Gasteiger partial charge on any atom is 0.0629 e. The molecule has 7 aromatic rings. The summed E-state index contributed by atoms with van der Waals surface area (Å²) in [6.45, 7) is 0. The first kappa shape index (κ1) is 12.9. The van der Waals surface area contributed by atoms with E-state index in [1.165, 1.54) is 0 Å². The monoisotopic (exact) mass is 466 g/mol. The van der Waals surface area contributed by atoms with Gasteiger partial charge < -0.3 is 0 Å². The normalized spacial score (nSPS) is 15.2. The average Bonchev–Trinajstić information content (AvgIpc) is 3.08. The van der Waals surface area contributed by atoms with Crippen LogP contribution in [0.3, 0.4) is 0 Å². The van der Waals surface area contributed by atoms with Crippen LogP contribution < -0.4 is 0 Å². The highest BCUT2D eigenvalue weighted by molar-refractivity contribution is 6.22. The number of fused-ring (bicyclic) bond motifs is 3. The number of benzene rings is 7. The van der Waals surface area contributed by atoms with Crippen molar-refractivity contribution in [2.45, 2.75) is 0 Å². The smallest absolute Gasteiger partial charge is 0.0622 e. The molecule has 0 saturated carbocycles. The zero-order valence-electron chi connectivity index (χ0n) is 29.1. The predicted molar refractivity (Wildman–Crippen MR) is 155 cm³/mol. The summed E-state index contributed by atoms with van der Waals surface area (Å²) in [6, 6.07) is 22.3. The van der Waals surface area contributed by atoms with Crippen molar-refractivity contribution in [3.63, 3.8) is 0 Å². The second-order valence-corrected chi connectivity index (χ2v) is 8.58.